The van der Waals surface area contributed by atoms with E-state index in [0.717, 1.165) is 27.6 Å². The molecule has 0 unspecified atom stereocenters. The van der Waals surface area contributed by atoms with Gasteiger partial charge in [-0.3, -0.25) is 0 Å². The maximum Gasteiger partial charge on any atom is 0.190 e. The summed E-state index contributed by atoms with van der Waals surface area (Å²) in [6, 6.07) is 12.4. The van der Waals surface area contributed by atoms with Crippen molar-refractivity contribution in [1.29, 1.82) is 0 Å². The van der Waals surface area contributed by atoms with Gasteiger partial charge in [-0.25, -0.2) is 4.99 Å². The number of hydrogen-bond acceptors (Lipinski definition) is 2. The molecule has 2 nitrogen and oxygen atoms in total. The molecule has 0 aliphatic rings. The monoisotopic (exact) mass is 436 g/mol. The first kappa shape index (κ1) is 20.0. The molecule has 0 bridgehead atoms. The quantitative estimate of drug-likeness (QED) is 0.438. The molecule has 0 saturated heterocycles. The second-order valence-corrected chi connectivity index (χ2v) is 7.29. The Morgan fingerprint density at radius 1 is 1.04 bits per heavy atom. The van der Waals surface area contributed by atoms with E-state index in [-0.39, 0.29) is 17.0 Å². The first-order chi connectivity index (χ1) is 11.5. The second kappa shape index (κ2) is 8.35. The standard InChI is InChI=1S/C20H21ClN2S.BrH/c1-5-23-18(16-6-8-17(21)9-7-16)12-24-20(23)22-19-14(3)10-13(2)11-15(19)4;/h6-12H,5H2,1-4H3;1H. The van der Waals surface area contributed by atoms with Gasteiger partial charge in [0.1, 0.15) is 0 Å². The largest absolute Gasteiger partial charge is 0.317 e. The van der Waals surface area contributed by atoms with Crippen LogP contribution >= 0.6 is 39.9 Å². The zero-order chi connectivity index (χ0) is 17.3. The fraction of sp³-hybridized carbons (Fsp3) is 0.250. The lowest BCUT2D eigenvalue weighted by atomic mass is 10.1. The number of nitrogens with zero attached hydrogens (tertiary/aromatic N) is 2. The summed E-state index contributed by atoms with van der Waals surface area (Å²) in [5.41, 5.74) is 7.14. The second-order valence-electron chi connectivity index (χ2n) is 6.01. The Morgan fingerprint density at radius 3 is 2.20 bits per heavy atom. The molecule has 25 heavy (non-hydrogen) atoms. The van der Waals surface area contributed by atoms with Crippen molar-refractivity contribution in [1.82, 2.24) is 4.57 Å². The minimum absolute atomic E-state index is 0. The summed E-state index contributed by atoms with van der Waals surface area (Å²) < 4.78 is 2.26. The summed E-state index contributed by atoms with van der Waals surface area (Å²) in [7, 11) is 0. The summed E-state index contributed by atoms with van der Waals surface area (Å²) in [6.45, 7) is 9.41. The van der Waals surface area contributed by atoms with Crippen LogP contribution in [0.4, 0.5) is 5.69 Å². The molecule has 0 amide bonds. The zero-order valence-corrected chi connectivity index (χ0v) is 18.1. The third-order valence-corrected chi connectivity index (χ3v) is 5.21. The van der Waals surface area contributed by atoms with Crippen LogP contribution in [0.2, 0.25) is 5.02 Å². The predicted octanol–water partition coefficient (Wildman–Crippen LogP) is 6.63. The number of aryl methyl sites for hydroxylation is 3. The molecule has 0 spiro atoms. The van der Waals surface area contributed by atoms with E-state index < -0.39 is 0 Å². The molecule has 1 aromatic heterocycles. The molecule has 132 valence electrons. The van der Waals surface area contributed by atoms with Gasteiger partial charge in [0, 0.05) is 16.9 Å². The molecule has 3 aromatic rings. The SMILES string of the molecule is Br.CCn1c(-c2ccc(Cl)cc2)csc1=Nc1c(C)cc(C)cc1C. The van der Waals surface area contributed by atoms with E-state index in [1.807, 2.05) is 12.1 Å². The van der Waals surface area contributed by atoms with Crippen molar-refractivity contribution >= 4 is 45.6 Å². The summed E-state index contributed by atoms with van der Waals surface area (Å²) >= 11 is 7.69. The number of aromatic nitrogens is 1. The normalized spacial score (nSPS) is 11.5. The van der Waals surface area contributed by atoms with Gasteiger partial charge in [-0.05, 0) is 56.5 Å². The number of hydrogen-bond donors (Lipinski definition) is 0. The van der Waals surface area contributed by atoms with E-state index >= 15 is 0 Å². The van der Waals surface area contributed by atoms with E-state index in [9.17, 15) is 0 Å². The van der Waals surface area contributed by atoms with Crippen molar-refractivity contribution in [2.75, 3.05) is 0 Å². The van der Waals surface area contributed by atoms with Crippen LogP contribution < -0.4 is 4.80 Å². The van der Waals surface area contributed by atoms with Crippen molar-refractivity contribution in [3.05, 3.63) is 68.3 Å². The topological polar surface area (TPSA) is 17.3 Å². The number of thiazole rings is 1. The van der Waals surface area contributed by atoms with Crippen LogP contribution in [0.3, 0.4) is 0 Å². The Balaban J connectivity index is 0.00000225. The molecule has 0 radical (unpaired) electrons. The average Bonchev–Trinajstić information content (AvgIpc) is 2.94. The Bertz CT molecular complexity index is 916. The van der Waals surface area contributed by atoms with Gasteiger partial charge in [-0.2, -0.15) is 0 Å². The first-order valence-electron chi connectivity index (χ1n) is 8.06. The highest BCUT2D eigenvalue weighted by molar-refractivity contribution is 8.93. The lowest BCUT2D eigenvalue weighted by Gasteiger charge is -2.08. The van der Waals surface area contributed by atoms with Crippen LogP contribution in [-0.2, 0) is 6.54 Å². The lowest BCUT2D eigenvalue weighted by molar-refractivity contribution is 0.744. The van der Waals surface area contributed by atoms with Gasteiger partial charge < -0.3 is 4.57 Å². The Labute approximate surface area is 168 Å². The van der Waals surface area contributed by atoms with Crippen molar-refractivity contribution in [2.45, 2.75) is 34.2 Å². The summed E-state index contributed by atoms with van der Waals surface area (Å²) in [4.78, 5) is 6.00. The van der Waals surface area contributed by atoms with Gasteiger partial charge in [0.05, 0.1) is 11.4 Å². The summed E-state index contributed by atoms with van der Waals surface area (Å²) in [5.74, 6) is 0. The van der Waals surface area contributed by atoms with E-state index in [0.29, 0.717) is 0 Å². The van der Waals surface area contributed by atoms with Crippen molar-refractivity contribution in [3.63, 3.8) is 0 Å². The van der Waals surface area contributed by atoms with Crippen LogP contribution in [0.15, 0.2) is 46.8 Å². The Hall–Kier alpha value is -1.36. The molecule has 0 fully saturated rings. The molecular weight excluding hydrogens is 416 g/mol. The molecule has 1 heterocycles. The highest BCUT2D eigenvalue weighted by Gasteiger charge is 2.08. The summed E-state index contributed by atoms with van der Waals surface area (Å²) in [5, 5.41) is 2.93. The van der Waals surface area contributed by atoms with Gasteiger partial charge >= 0.3 is 0 Å². The molecule has 0 aliphatic heterocycles. The van der Waals surface area contributed by atoms with Gasteiger partial charge in [0.25, 0.3) is 0 Å². The van der Waals surface area contributed by atoms with Crippen LogP contribution in [0.1, 0.15) is 23.6 Å². The fourth-order valence-corrected chi connectivity index (χ4v) is 4.13. The van der Waals surface area contributed by atoms with E-state index in [4.69, 9.17) is 16.6 Å². The molecule has 5 heteroatoms. The van der Waals surface area contributed by atoms with E-state index in [2.05, 4.69) is 61.9 Å². The smallest absolute Gasteiger partial charge is 0.190 e. The van der Waals surface area contributed by atoms with Gasteiger partial charge in [-0.15, -0.1) is 28.3 Å². The van der Waals surface area contributed by atoms with Crippen LogP contribution in [0, 0.1) is 20.8 Å². The van der Waals surface area contributed by atoms with Crippen LogP contribution in [0.5, 0.6) is 0 Å². The molecule has 2 aromatic carbocycles. The highest BCUT2D eigenvalue weighted by atomic mass is 79.9. The van der Waals surface area contributed by atoms with E-state index in [1.165, 1.54) is 22.4 Å². The van der Waals surface area contributed by atoms with Gasteiger partial charge in [0.15, 0.2) is 4.80 Å². The molecular formula is C20H22BrClN2S. The predicted molar refractivity (Wildman–Crippen MR) is 115 cm³/mol. The van der Waals surface area contributed by atoms with E-state index in [1.54, 1.807) is 11.3 Å². The average molecular weight is 438 g/mol. The molecule has 0 N–H and O–H groups in total. The maximum absolute atomic E-state index is 6.01. The number of halogens is 2. The van der Waals surface area contributed by atoms with Crippen LogP contribution in [-0.4, -0.2) is 4.57 Å². The van der Waals surface area contributed by atoms with Crippen LogP contribution in [0.25, 0.3) is 11.3 Å². The molecule has 3 rings (SSSR count). The Morgan fingerprint density at radius 2 is 1.64 bits per heavy atom. The minimum Gasteiger partial charge on any atom is -0.317 e. The van der Waals surface area contributed by atoms with Crippen molar-refractivity contribution in [2.24, 2.45) is 4.99 Å². The third kappa shape index (κ3) is 4.25. The minimum atomic E-state index is 0. The number of rotatable bonds is 3. The molecule has 0 aliphatic carbocycles. The fourth-order valence-electron chi connectivity index (χ4n) is 3.02. The highest BCUT2D eigenvalue weighted by Crippen LogP contribution is 2.26. The molecule has 0 atom stereocenters. The van der Waals surface area contributed by atoms with Gasteiger partial charge in [0.2, 0.25) is 0 Å². The maximum atomic E-state index is 6.01. The summed E-state index contributed by atoms with van der Waals surface area (Å²) in [6.07, 6.45) is 0. The lowest BCUT2D eigenvalue weighted by Crippen LogP contribution is -2.14. The number of benzene rings is 2. The molecule has 0 saturated carbocycles. The van der Waals surface area contributed by atoms with Crippen molar-refractivity contribution < 1.29 is 0 Å². The third-order valence-electron chi connectivity index (χ3n) is 4.10. The Kier molecular flexibility index (Phi) is 6.66. The first-order valence-corrected chi connectivity index (χ1v) is 9.32. The van der Waals surface area contributed by atoms with Gasteiger partial charge in [-0.1, -0.05) is 41.4 Å². The van der Waals surface area contributed by atoms with Crippen molar-refractivity contribution in [3.8, 4) is 11.3 Å². The zero-order valence-electron chi connectivity index (χ0n) is 14.8.